The lowest BCUT2D eigenvalue weighted by atomic mass is 10.1. The smallest absolute Gasteiger partial charge is 0.223 e. The quantitative estimate of drug-likeness (QED) is 0.770. The molecule has 0 unspecified atom stereocenters. The molecule has 2 rings (SSSR count). The first-order valence-corrected chi connectivity index (χ1v) is 4.96. The van der Waals surface area contributed by atoms with Crippen molar-refractivity contribution in [3.8, 4) is 0 Å². The van der Waals surface area contributed by atoms with Crippen molar-refractivity contribution in [1.29, 1.82) is 0 Å². The molecule has 0 bridgehead atoms. The Hall–Kier alpha value is -0.940. The molecular formula is C9H15N3O2. The molecule has 5 heteroatoms. The molecule has 1 saturated heterocycles. The normalized spacial score (nSPS) is 18.6. The summed E-state index contributed by atoms with van der Waals surface area (Å²) in [4.78, 5) is 4.08. The number of ether oxygens (including phenoxy) is 1. The molecule has 5 nitrogen and oxygen atoms in total. The zero-order chi connectivity index (χ0) is 9.80. The van der Waals surface area contributed by atoms with Gasteiger partial charge in [0.2, 0.25) is 5.89 Å². The first kappa shape index (κ1) is 9.61. The molecule has 1 aliphatic rings. The highest BCUT2D eigenvalue weighted by molar-refractivity contribution is 4.81. The van der Waals surface area contributed by atoms with Crippen molar-refractivity contribution in [2.75, 3.05) is 13.1 Å². The van der Waals surface area contributed by atoms with Gasteiger partial charge in [0.25, 0.3) is 0 Å². The minimum atomic E-state index is 0.343. The van der Waals surface area contributed by atoms with Crippen molar-refractivity contribution in [3.05, 3.63) is 11.7 Å². The molecule has 0 aliphatic carbocycles. The van der Waals surface area contributed by atoms with E-state index in [-0.39, 0.29) is 0 Å². The summed E-state index contributed by atoms with van der Waals surface area (Å²) < 4.78 is 10.5. The van der Waals surface area contributed by atoms with Crippen LogP contribution < -0.4 is 5.32 Å². The molecule has 0 amide bonds. The molecule has 0 radical (unpaired) electrons. The largest absolute Gasteiger partial charge is 0.370 e. The minimum absolute atomic E-state index is 0.343. The monoisotopic (exact) mass is 197 g/mol. The van der Waals surface area contributed by atoms with E-state index in [0.717, 1.165) is 25.9 Å². The van der Waals surface area contributed by atoms with E-state index in [1.54, 1.807) is 6.92 Å². The van der Waals surface area contributed by atoms with Gasteiger partial charge in [-0.15, -0.1) is 0 Å². The Morgan fingerprint density at radius 3 is 2.93 bits per heavy atom. The van der Waals surface area contributed by atoms with Gasteiger partial charge >= 0.3 is 0 Å². The van der Waals surface area contributed by atoms with Gasteiger partial charge in [-0.2, -0.15) is 4.98 Å². The van der Waals surface area contributed by atoms with Crippen LogP contribution in [0.2, 0.25) is 0 Å². The van der Waals surface area contributed by atoms with Gasteiger partial charge in [0.05, 0.1) is 6.10 Å². The Kier molecular flexibility index (Phi) is 3.10. The van der Waals surface area contributed by atoms with Crippen LogP contribution in [-0.4, -0.2) is 29.3 Å². The van der Waals surface area contributed by atoms with E-state index >= 15 is 0 Å². The molecule has 1 aromatic rings. The maximum Gasteiger partial charge on any atom is 0.223 e. The van der Waals surface area contributed by atoms with Crippen molar-refractivity contribution in [2.45, 2.75) is 32.5 Å². The van der Waals surface area contributed by atoms with E-state index in [1.165, 1.54) is 0 Å². The fourth-order valence-electron chi connectivity index (χ4n) is 1.55. The summed E-state index contributed by atoms with van der Waals surface area (Å²) in [5.74, 6) is 1.23. The SMILES string of the molecule is Cc1nc(COC2CCNCC2)no1. The van der Waals surface area contributed by atoms with E-state index in [1.807, 2.05) is 0 Å². The Morgan fingerprint density at radius 2 is 2.29 bits per heavy atom. The molecule has 1 N–H and O–H groups in total. The Balaban J connectivity index is 1.76. The highest BCUT2D eigenvalue weighted by Crippen LogP contribution is 2.09. The first-order chi connectivity index (χ1) is 6.84. The number of nitrogens with one attached hydrogen (secondary N) is 1. The van der Waals surface area contributed by atoms with Crippen LogP contribution in [0, 0.1) is 6.92 Å². The van der Waals surface area contributed by atoms with Crippen LogP contribution in [0.5, 0.6) is 0 Å². The third kappa shape index (κ3) is 2.52. The number of nitrogens with zero attached hydrogens (tertiary/aromatic N) is 2. The maximum absolute atomic E-state index is 5.66. The Bertz CT molecular complexity index is 281. The van der Waals surface area contributed by atoms with Crippen molar-refractivity contribution in [3.63, 3.8) is 0 Å². The summed E-state index contributed by atoms with van der Waals surface area (Å²) >= 11 is 0. The van der Waals surface area contributed by atoms with Crippen LogP contribution in [0.25, 0.3) is 0 Å². The zero-order valence-corrected chi connectivity index (χ0v) is 8.32. The molecule has 0 spiro atoms. The minimum Gasteiger partial charge on any atom is -0.370 e. The lowest BCUT2D eigenvalue weighted by Crippen LogP contribution is -2.32. The lowest BCUT2D eigenvalue weighted by Gasteiger charge is -2.22. The molecule has 0 saturated carbocycles. The summed E-state index contributed by atoms with van der Waals surface area (Å²) in [6.45, 7) is 4.31. The number of aryl methyl sites for hydroxylation is 1. The predicted octanol–water partition coefficient (Wildman–Crippen LogP) is 0.647. The van der Waals surface area contributed by atoms with Crippen LogP contribution in [0.1, 0.15) is 24.6 Å². The van der Waals surface area contributed by atoms with Gasteiger partial charge in [0.1, 0.15) is 6.61 Å². The summed E-state index contributed by atoms with van der Waals surface area (Å²) in [5, 5.41) is 7.06. The van der Waals surface area contributed by atoms with Gasteiger partial charge in [-0.1, -0.05) is 5.16 Å². The average molecular weight is 197 g/mol. The van der Waals surface area contributed by atoms with Crippen LogP contribution in [0.4, 0.5) is 0 Å². The van der Waals surface area contributed by atoms with Crippen LogP contribution >= 0.6 is 0 Å². The Labute approximate surface area is 82.8 Å². The highest BCUT2D eigenvalue weighted by atomic mass is 16.5. The van der Waals surface area contributed by atoms with E-state index in [9.17, 15) is 0 Å². The van der Waals surface area contributed by atoms with Crippen molar-refractivity contribution in [1.82, 2.24) is 15.5 Å². The number of piperidine rings is 1. The van der Waals surface area contributed by atoms with Gasteiger partial charge in [0, 0.05) is 6.92 Å². The van der Waals surface area contributed by atoms with Crippen molar-refractivity contribution >= 4 is 0 Å². The fraction of sp³-hybridized carbons (Fsp3) is 0.778. The molecule has 0 atom stereocenters. The van der Waals surface area contributed by atoms with Crippen molar-refractivity contribution < 1.29 is 9.26 Å². The van der Waals surface area contributed by atoms with E-state index in [0.29, 0.717) is 24.4 Å². The molecular weight excluding hydrogens is 182 g/mol. The van der Waals surface area contributed by atoms with Crippen LogP contribution in [-0.2, 0) is 11.3 Å². The number of rotatable bonds is 3. The van der Waals surface area contributed by atoms with E-state index in [2.05, 4.69) is 15.5 Å². The fourth-order valence-corrected chi connectivity index (χ4v) is 1.55. The highest BCUT2D eigenvalue weighted by Gasteiger charge is 2.14. The standard InChI is InChI=1S/C9H15N3O2/c1-7-11-9(12-14-7)6-13-8-2-4-10-5-3-8/h8,10H,2-6H2,1H3. The second-order valence-electron chi connectivity index (χ2n) is 3.49. The summed E-state index contributed by atoms with van der Waals surface area (Å²) in [6.07, 6.45) is 2.48. The zero-order valence-electron chi connectivity index (χ0n) is 8.32. The van der Waals surface area contributed by atoms with E-state index < -0.39 is 0 Å². The van der Waals surface area contributed by atoms with Gasteiger partial charge in [-0.25, -0.2) is 0 Å². The third-order valence-corrected chi connectivity index (χ3v) is 2.30. The number of hydrogen-bond acceptors (Lipinski definition) is 5. The topological polar surface area (TPSA) is 60.2 Å². The molecule has 78 valence electrons. The summed E-state index contributed by atoms with van der Waals surface area (Å²) in [6, 6.07) is 0. The maximum atomic E-state index is 5.66. The first-order valence-electron chi connectivity index (χ1n) is 4.96. The van der Waals surface area contributed by atoms with Gasteiger partial charge in [0.15, 0.2) is 5.82 Å². The number of hydrogen-bond donors (Lipinski definition) is 1. The second kappa shape index (κ2) is 4.52. The second-order valence-corrected chi connectivity index (χ2v) is 3.49. The predicted molar refractivity (Wildman–Crippen MR) is 49.7 cm³/mol. The van der Waals surface area contributed by atoms with E-state index in [4.69, 9.17) is 9.26 Å². The van der Waals surface area contributed by atoms with Gasteiger partial charge in [-0.05, 0) is 25.9 Å². The lowest BCUT2D eigenvalue weighted by molar-refractivity contribution is 0.0170. The third-order valence-electron chi connectivity index (χ3n) is 2.30. The Morgan fingerprint density at radius 1 is 1.50 bits per heavy atom. The van der Waals surface area contributed by atoms with Gasteiger partial charge in [-0.3, -0.25) is 0 Å². The van der Waals surface area contributed by atoms with Crippen LogP contribution in [0.15, 0.2) is 4.52 Å². The molecule has 1 aromatic heterocycles. The molecule has 0 aromatic carbocycles. The summed E-state index contributed by atoms with van der Waals surface area (Å²) in [7, 11) is 0. The molecule has 1 aliphatic heterocycles. The average Bonchev–Trinajstić information content (AvgIpc) is 2.63. The molecule has 2 heterocycles. The summed E-state index contributed by atoms with van der Waals surface area (Å²) in [5.41, 5.74) is 0. The van der Waals surface area contributed by atoms with Crippen LogP contribution in [0.3, 0.4) is 0 Å². The number of aromatic nitrogens is 2. The molecule has 1 fully saturated rings. The van der Waals surface area contributed by atoms with Crippen molar-refractivity contribution in [2.24, 2.45) is 0 Å². The van der Waals surface area contributed by atoms with Gasteiger partial charge < -0.3 is 14.6 Å². The molecule has 14 heavy (non-hydrogen) atoms.